The molecule has 3 N–H and O–H groups in total. The Morgan fingerprint density at radius 2 is 1.82 bits per heavy atom. The molecule has 0 unspecified atom stereocenters. The lowest BCUT2D eigenvalue weighted by Gasteiger charge is -2.15. The minimum absolute atomic E-state index is 0.0698. The third-order valence-electron chi connectivity index (χ3n) is 7.74. The predicted molar refractivity (Wildman–Crippen MR) is 164 cm³/mol. The molecule has 14 heteroatoms. The number of alkyl halides is 2. The molecule has 0 saturated carbocycles. The van der Waals surface area contributed by atoms with Crippen molar-refractivity contribution in [3.05, 3.63) is 84.1 Å². The number of imidazole rings is 1. The molecule has 0 amide bonds. The van der Waals surface area contributed by atoms with Crippen LogP contribution in [0.4, 0.5) is 13.2 Å². The summed E-state index contributed by atoms with van der Waals surface area (Å²) in [6, 6.07) is 13.8. The molecule has 0 atom stereocenters. The molecule has 4 aromatic heterocycles. The molecule has 7 rings (SSSR count). The van der Waals surface area contributed by atoms with Gasteiger partial charge in [0, 0.05) is 61.2 Å². The van der Waals surface area contributed by atoms with E-state index in [0.717, 1.165) is 33.8 Å². The highest BCUT2D eigenvalue weighted by atomic mass is 32.2. The summed E-state index contributed by atoms with van der Waals surface area (Å²) in [7, 11) is -3.46. The molecular weight excluding hydrogens is 605 g/mol. The summed E-state index contributed by atoms with van der Waals surface area (Å²) in [5, 5.41) is 8.35. The number of nitrogens with one attached hydrogen (secondary N) is 3. The Morgan fingerprint density at radius 1 is 0.978 bits per heavy atom. The van der Waals surface area contributed by atoms with Crippen molar-refractivity contribution in [3.63, 3.8) is 0 Å². The molecule has 1 saturated heterocycles. The highest BCUT2D eigenvalue weighted by molar-refractivity contribution is 7.88. The van der Waals surface area contributed by atoms with E-state index in [9.17, 15) is 21.6 Å². The predicted octanol–water partition coefficient (Wildman–Crippen LogP) is 5.26. The van der Waals surface area contributed by atoms with Gasteiger partial charge >= 0.3 is 0 Å². The van der Waals surface area contributed by atoms with Gasteiger partial charge in [0.05, 0.1) is 29.5 Å². The Bertz CT molecular complexity index is 2180. The summed E-state index contributed by atoms with van der Waals surface area (Å²) in [6.45, 7) is 0.416. The molecule has 1 aliphatic heterocycles. The highest BCUT2D eigenvalue weighted by Gasteiger charge is 2.37. The van der Waals surface area contributed by atoms with Crippen LogP contribution in [0.25, 0.3) is 55.8 Å². The van der Waals surface area contributed by atoms with E-state index in [1.165, 1.54) is 12.1 Å². The molecular formula is C31H27F3N8O2S. The Kier molecular flexibility index (Phi) is 7.14. The second-order valence-electron chi connectivity index (χ2n) is 11.3. The SMILES string of the molecule is CS(=O)(=O)NCc1cc(F)cc(-c2nccc3[nH]c(-c4n[nH]c5ccc(-c6cncc(CN7CCC(F)(F)C7)c6)cc45)nc23)c1. The normalized spacial score (nSPS) is 15.4. The van der Waals surface area contributed by atoms with Crippen molar-refractivity contribution in [2.75, 3.05) is 19.3 Å². The second kappa shape index (κ2) is 11.1. The number of aromatic amines is 2. The molecule has 0 radical (unpaired) electrons. The largest absolute Gasteiger partial charge is 0.336 e. The Morgan fingerprint density at radius 3 is 2.62 bits per heavy atom. The Balaban J connectivity index is 1.22. The van der Waals surface area contributed by atoms with Gasteiger partial charge in [-0.15, -0.1) is 0 Å². The van der Waals surface area contributed by atoms with Gasteiger partial charge in [-0.1, -0.05) is 6.07 Å². The average molecular weight is 633 g/mol. The van der Waals surface area contributed by atoms with Gasteiger partial charge in [0.15, 0.2) is 5.82 Å². The minimum atomic E-state index is -3.46. The van der Waals surface area contributed by atoms with Gasteiger partial charge in [0.1, 0.15) is 17.0 Å². The summed E-state index contributed by atoms with van der Waals surface area (Å²) in [6.07, 6.45) is 5.93. The first-order valence-corrected chi connectivity index (χ1v) is 16.0. The van der Waals surface area contributed by atoms with E-state index in [2.05, 4.69) is 29.9 Å². The maximum Gasteiger partial charge on any atom is 0.261 e. The fourth-order valence-electron chi connectivity index (χ4n) is 5.67. The zero-order valence-corrected chi connectivity index (χ0v) is 24.8. The van der Waals surface area contributed by atoms with Gasteiger partial charge in [-0.2, -0.15) is 5.10 Å². The van der Waals surface area contributed by atoms with Crippen molar-refractivity contribution in [2.45, 2.75) is 25.4 Å². The summed E-state index contributed by atoms with van der Waals surface area (Å²) in [4.78, 5) is 18.7. The molecule has 0 aliphatic carbocycles. The first-order chi connectivity index (χ1) is 21.5. The van der Waals surface area contributed by atoms with Gasteiger partial charge in [-0.3, -0.25) is 20.0 Å². The number of halogens is 3. The molecule has 5 heterocycles. The van der Waals surface area contributed by atoms with E-state index >= 15 is 0 Å². The maximum atomic E-state index is 14.6. The fraction of sp³-hybridized carbons (Fsp3) is 0.226. The van der Waals surface area contributed by atoms with Crippen LogP contribution in [-0.4, -0.2) is 68.7 Å². The summed E-state index contributed by atoms with van der Waals surface area (Å²) >= 11 is 0. The van der Waals surface area contributed by atoms with Crippen molar-refractivity contribution >= 4 is 32.0 Å². The van der Waals surface area contributed by atoms with Gasteiger partial charge < -0.3 is 4.98 Å². The van der Waals surface area contributed by atoms with Gasteiger partial charge in [-0.05, 0) is 59.2 Å². The number of sulfonamides is 1. The lowest BCUT2D eigenvalue weighted by Crippen LogP contribution is -2.24. The van der Waals surface area contributed by atoms with Crippen LogP contribution >= 0.6 is 0 Å². The minimum Gasteiger partial charge on any atom is -0.336 e. The second-order valence-corrected chi connectivity index (χ2v) is 13.1. The average Bonchev–Trinajstić information content (AvgIpc) is 3.71. The molecule has 2 aromatic carbocycles. The van der Waals surface area contributed by atoms with E-state index < -0.39 is 21.8 Å². The number of H-pyrrole nitrogens is 2. The van der Waals surface area contributed by atoms with Gasteiger partial charge in [0.25, 0.3) is 5.92 Å². The molecule has 1 aliphatic rings. The zero-order chi connectivity index (χ0) is 31.3. The number of pyridine rings is 2. The highest BCUT2D eigenvalue weighted by Crippen LogP contribution is 2.33. The number of nitrogens with zero attached hydrogens (tertiary/aromatic N) is 5. The van der Waals surface area contributed by atoms with E-state index in [-0.39, 0.29) is 19.5 Å². The fourth-order valence-corrected chi connectivity index (χ4v) is 6.10. The molecule has 6 aromatic rings. The zero-order valence-electron chi connectivity index (χ0n) is 24.0. The van der Waals surface area contributed by atoms with Crippen LogP contribution in [-0.2, 0) is 23.1 Å². The van der Waals surface area contributed by atoms with E-state index in [1.807, 2.05) is 24.3 Å². The van der Waals surface area contributed by atoms with Crippen molar-refractivity contribution in [1.29, 1.82) is 0 Å². The number of fused-ring (bicyclic) bond motifs is 2. The van der Waals surface area contributed by atoms with Crippen LogP contribution < -0.4 is 4.72 Å². The summed E-state index contributed by atoms with van der Waals surface area (Å²) in [5.41, 5.74) is 6.38. The topological polar surface area (TPSA) is 133 Å². The third kappa shape index (κ3) is 6.16. The number of benzene rings is 2. The van der Waals surface area contributed by atoms with Crippen LogP contribution in [0.5, 0.6) is 0 Å². The van der Waals surface area contributed by atoms with E-state index in [4.69, 9.17) is 4.98 Å². The lowest BCUT2D eigenvalue weighted by atomic mass is 10.0. The van der Waals surface area contributed by atoms with Crippen LogP contribution in [0, 0.1) is 5.82 Å². The van der Waals surface area contributed by atoms with Gasteiger partial charge in [-0.25, -0.2) is 31.3 Å². The Labute approximate surface area is 255 Å². The van der Waals surface area contributed by atoms with Crippen LogP contribution in [0.1, 0.15) is 17.5 Å². The van der Waals surface area contributed by atoms with Crippen LogP contribution in [0.15, 0.2) is 67.1 Å². The monoisotopic (exact) mass is 632 g/mol. The molecule has 0 bridgehead atoms. The van der Waals surface area contributed by atoms with E-state index in [0.29, 0.717) is 52.5 Å². The molecule has 230 valence electrons. The number of hydrogen-bond donors (Lipinski definition) is 3. The summed E-state index contributed by atoms with van der Waals surface area (Å²) in [5.74, 6) is -2.71. The standard InChI is InChI=1S/C31H27F3N8O2S/c1-45(43,44)37-14-18-8-21(11-23(32)10-18)27-29-26(4-6-36-27)38-30(39-29)28-24-12-20(2-3-25(24)40-41-28)22-9-19(13-35-15-22)16-42-7-5-31(33,34)17-42/h2-4,6,8-13,15,37H,5,7,14,16-17H2,1H3,(H,38,39)(H,40,41). The first-order valence-electron chi connectivity index (χ1n) is 14.1. The van der Waals surface area contributed by atoms with E-state index in [1.54, 1.807) is 35.6 Å². The third-order valence-corrected chi connectivity index (χ3v) is 8.41. The summed E-state index contributed by atoms with van der Waals surface area (Å²) < 4.78 is 67.5. The van der Waals surface area contributed by atoms with Crippen LogP contribution in [0.3, 0.4) is 0 Å². The molecule has 10 nitrogen and oxygen atoms in total. The van der Waals surface area contributed by atoms with Crippen molar-refractivity contribution in [2.24, 2.45) is 0 Å². The first kappa shape index (κ1) is 29.1. The van der Waals surface area contributed by atoms with Crippen molar-refractivity contribution in [3.8, 4) is 33.9 Å². The number of rotatable bonds is 8. The van der Waals surface area contributed by atoms with Gasteiger partial charge in [0.2, 0.25) is 10.0 Å². The van der Waals surface area contributed by atoms with Crippen molar-refractivity contribution < 1.29 is 21.6 Å². The lowest BCUT2D eigenvalue weighted by molar-refractivity contribution is 0.0115. The number of likely N-dealkylation sites (tertiary alicyclic amines) is 1. The Hall–Kier alpha value is -4.66. The van der Waals surface area contributed by atoms with Crippen LogP contribution in [0.2, 0.25) is 0 Å². The van der Waals surface area contributed by atoms with Crippen molar-refractivity contribution in [1.82, 2.24) is 39.8 Å². The number of hydrogen-bond acceptors (Lipinski definition) is 7. The molecule has 0 spiro atoms. The molecule has 1 fully saturated rings. The smallest absolute Gasteiger partial charge is 0.261 e. The maximum absolute atomic E-state index is 14.6. The number of aromatic nitrogens is 6. The molecule has 45 heavy (non-hydrogen) atoms. The quantitative estimate of drug-likeness (QED) is 0.209.